The molecule has 9 nitrogen and oxygen atoms in total. The summed E-state index contributed by atoms with van der Waals surface area (Å²) in [5.41, 5.74) is 5.33. The monoisotopic (exact) mass is 320 g/mol. The van der Waals surface area contributed by atoms with Crippen LogP contribution in [-0.4, -0.2) is 51.9 Å². The number of nitrogens with zero attached hydrogens (tertiary/aromatic N) is 5. The number of nitrogen functional groups attached to an aromatic ring is 1. The Bertz CT molecular complexity index is 617. The van der Waals surface area contributed by atoms with E-state index in [1.54, 1.807) is 0 Å². The number of hydrogen-bond acceptors (Lipinski definition) is 7. The largest absolute Gasteiger partial charge is 0.378 e. The minimum absolute atomic E-state index is 0.0677. The Hall–Kier alpha value is -2.45. The summed E-state index contributed by atoms with van der Waals surface area (Å²) in [6.45, 7) is 2.94. The molecule has 0 bridgehead atoms. The van der Waals surface area contributed by atoms with Gasteiger partial charge in [0.25, 0.3) is 0 Å². The Labute approximate surface area is 133 Å². The quantitative estimate of drug-likeness (QED) is 0.646. The average molecular weight is 320 g/mol. The van der Waals surface area contributed by atoms with Crippen molar-refractivity contribution >= 4 is 23.4 Å². The zero-order chi connectivity index (χ0) is 16.4. The molecule has 9 heteroatoms. The number of carbonyl (C=O) groups excluding carboxylic acids is 1. The van der Waals surface area contributed by atoms with Crippen molar-refractivity contribution in [2.45, 2.75) is 25.7 Å². The first kappa shape index (κ1) is 15.4. The molecule has 2 aliphatic heterocycles. The molecule has 0 saturated carbocycles. The van der Waals surface area contributed by atoms with Gasteiger partial charge in [0.05, 0.1) is 10.8 Å². The van der Waals surface area contributed by atoms with Gasteiger partial charge in [-0.25, -0.2) is 4.98 Å². The number of rotatable bonds is 3. The number of nitro groups is 1. The van der Waals surface area contributed by atoms with E-state index < -0.39 is 4.92 Å². The fourth-order valence-electron chi connectivity index (χ4n) is 3.23. The maximum absolute atomic E-state index is 12.5. The van der Waals surface area contributed by atoms with Gasteiger partial charge in [-0.15, -0.1) is 0 Å². The Balaban J connectivity index is 1.72. The lowest BCUT2D eigenvalue weighted by atomic mass is 9.97. The molecular formula is C14H20N6O3. The van der Waals surface area contributed by atoms with Crippen LogP contribution in [0.15, 0.2) is 6.20 Å². The summed E-state index contributed by atoms with van der Waals surface area (Å²) >= 11 is 0. The molecule has 1 atom stereocenters. The molecule has 1 unspecified atom stereocenters. The summed E-state index contributed by atoms with van der Waals surface area (Å²) in [7, 11) is 0. The molecule has 0 aliphatic carbocycles. The molecule has 1 amide bonds. The van der Waals surface area contributed by atoms with Crippen molar-refractivity contribution in [1.82, 2.24) is 14.9 Å². The van der Waals surface area contributed by atoms with Crippen LogP contribution in [0.2, 0.25) is 0 Å². The molecule has 23 heavy (non-hydrogen) atoms. The molecular weight excluding hydrogens is 300 g/mol. The lowest BCUT2D eigenvalue weighted by Gasteiger charge is -2.33. The normalized spacial score (nSPS) is 21.5. The molecule has 0 radical (unpaired) electrons. The van der Waals surface area contributed by atoms with Gasteiger partial charge in [-0.05, 0) is 25.7 Å². The van der Waals surface area contributed by atoms with E-state index in [4.69, 9.17) is 5.73 Å². The van der Waals surface area contributed by atoms with Crippen LogP contribution in [-0.2, 0) is 4.79 Å². The summed E-state index contributed by atoms with van der Waals surface area (Å²) < 4.78 is 0. The number of hydrogen-bond donors (Lipinski definition) is 1. The number of anilines is 2. The van der Waals surface area contributed by atoms with Gasteiger partial charge in [0.15, 0.2) is 0 Å². The highest BCUT2D eigenvalue weighted by Gasteiger charge is 2.31. The Morgan fingerprint density at radius 1 is 1.30 bits per heavy atom. The minimum atomic E-state index is -0.602. The zero-order valence-corrected chi connectivity index (χ0v) is 12.8. The highest BCUT2D eigenvalue weighted by molar-refractivity contribution is 5.80. The van der Waals surface area contributed by atoms with Gasteiger partial charge in [0, 0.05) is 26.2 Å². The predicted molar refractivity (Wildman–Crippen MR) is 83.8 cm³/mol. The van der Waals surface area contributed by atoms with Crippen molar-refractivity contribution in [3.63, 3.8) is 0 Å². The summed E-state index contributed by atoms with van der Waals surface area (Å²) in [5.74, 6) is 0.337. The third-order valence-electron chi connectivity index (χ3n) is 4.45. The first-order valence-electron chi connectivity index (χ1n) is 7.87. The first-order chi connectivity index (χ1) is 11.1. The van der Waals surface area contributed by atoms with Crippen molar-refractivity contribution in [3.8, 4) is 0 Å². The van der Waals surface area contributed by atoms with Crippen LogP contribution >= 0.6 is 0 Å². The van der Waals surface area contributed by atoms with Gasteiger partial charge >= 0.3 is 5.69 Å². The SMILES string of the molecule is Nc1nc(N2CCCC(C(=O)N3CCCC3)C2)ncc1[N+](=O)[O-]. The predicted octanol–water partition coefficient (Wildman–Crippen LogP) is 0.806. The molecule has 2 saturated heterocycles. The maximum Gasteiger partial charge on any atom is 0.329 e. The Kier molecular flexibility index (Phi) is 4.26. The zero-order valence-electron chi connectivity index (χ0n) is 12.8. The van der Waals surface area contributed by atoms with Gasteiger partial charge in [-0.1, -0.05) is 0 Å². The van der Waals surface area contributed by atoms with Crippen LogP contribution in [0.25, 0.3) is 0 Å². The Morgan fingerprint density at radius 3 is 2.70 bits per heavy atom. The van der Waals surface area contributed by atoms with Gasteiger partial charge in [0.1, 0.15) is 6.20 Å². The van der Waals surface area contributed by atoms with E-state index in [-0.39, 0.29) is 23.3 Å². The molecule has 0 aromatic carbocycles. The standard InChI is InChI=1S/C14H20N6O3/c15-12-11(20(22)23)8-16-14(17-12)19-7-3-4-10(9-19)13(21)18-5-1-2-6-18/h8,10H,1-7,9H2,(H2,15,16,17). The fourth-order valence-corrected chi connectivity index (χ4v) is 3.23. The van der Waals surface area contributed by atoms with Crippen LogP contribution in [0.1, 0.15) is 25.7 Å². The van der Waals surface area contributed by atoms with Gasteiger partial charge in [0.2, 0.25) is 17.7 Å². The molecule has 1 aromatic rings. The second-order valence-corrected chi connectivity index (χ2v) is 6.02. The highest BCUT2D eigenvalue weighted by Crippen LogP contribution is 2.26. The lowest BCUT2D eigenvalue weighted by Crippen LogP contribution is -2.44. The van der Waals surface area contributed by atoms with E-state index in [0.29, 0.717) is 12.5 Å². The minimum Gasteiger partial charge on any atom is -0.378 e. The van der Waals surface area contributed by atoms with Crippen molar-refractivity contribution in [3.05, 3.63) is 16.3 Å². The van der Waals surface area contributed by atoms with Gasteiger partial charge in [-0.2, -0.15) is 4.98 Å². The number of nitrogens with two attached hydrogens (primary N) is 1. The smallest absolute Gasteiger partial charge is 0.329 e. The van der Waals surface area contributed by atoms with Gasteiger partial charge in [-0.3, -0.25) is 14.9 Å². The van der Waals surface area contributed by atoms with Crippen molar-refractivity contribution < 1.29 is 9.72 Å². The molecule has 2 aliphatic rings. The fraction of sp³-hybridized carbons (Fsp3) is 0.643. The van der Waals surface area contributed by atoms with Crippen LogP contribution in [0.5, 0.6) is 0 Å². The molecule has 1 aromatic heterocycles. The summed E-state index contributed by atoms with van der Waals surface area (Å²) in [4.78, 5) is 34.6. The molecule has 0 spiro atoms. The van der Waals surface area contributed by atoms with Crippen LogP contribution in [0.3, 0.4) is 0 Å². The third-order valence-corrected chi connectivity index (χ3v) is 4.45. The molecule has 124 valence electrons. The molecule has 3 rings (SSSR count). The van der Waals surface area contributed by atoms with E-state index in [9.17, 15) is 14.9 Å². The van der Waals surface area contributed by atoms with E-state index in [2.05, 4.69) is 9.97 Å². The number of piperidine rings is 1. The number of amides is 1. The second-order valence-electron chi connectivity index (χ2n) is 6.02. The van der Waals surface area contributed by atoms with E-state index in [1.807, 2.05) is 9.80 Å². The third kappa shape index (κ3) is 3.17. The molecule has 3 heterocycles. The number of likely N-dealkylation sites (tertiary alicyclic amines) is 1. The molecule has 2 N–H and O–H groups in total. The Morgan fingerprint density at radius 2 is 2.04 bits per heavy atom. The van der Waals surface area contributed by atoms with Crippen molar-refractivity contribution in [1.29, 1.82) is 0 Å². The van der Waals surface area contributed by atoms with E-state index >= 15 is 0 Å². The van der Waals surface area contributed by atoms with Crippen LogP contribution in [0.4, 0.5) is 17.5 Å². The van der Waals surface area contributed by atoms with E-state index in [1.165, 1.54) is 0 Å². The maximum atomic E-state index is 12.5. The second kappa shape index (κ2) is 6.35. The number of aromatic nitrogens is 2. The summed E-state index contributed by atoms with van der Waals surface area (Å²) in [6, 6.07) is 0. The van der Waals surface area contributed by atoms with Crippen molar-refractivity contribution in [2.24, 2.45) is 5.92 Å². The van der Waals surface area contributed by atoms with E-state index in [0.717, 1.165) is 51.5 Å². The molecule has 2 fully saturated rings. The van der Waals surface area contributed by atoms with Gasteiger partial charge < -0.3 is 15.5 Å². The summed E-state index contributed by atoms with van der Waals surface area (Å²) in [5, 5.41) is 10.8. The highest BCUT2D eigenvalue weighted by atomic mass is 16.6. The lowest BCUT2D eigenvalue weighted by molar-refractivity contribution is -0.384. The van der Waals surface area contributed by atoms with Crippen LogP contribution < -0.4 is 10.6 Å². The average Bonchev–Trinajstić information content (AvgIpc) is 3.08. The van der Waals surface area contributed by atoms with Crippen molar-refractivity contribution in [2.75, 3.05) is 36.8 Å². The summed E-state index contributed by atoms with van der Waals surface area (Å²) in [6.07, 6.45) is 5.00. The van der Waals surface area contributed by atoms with Crippen LogP contribution in [0, 0.1) is 16.0 Å². The first-order valence-corrected chi connectivity index (χ1v) is 7.87. The topological polar surface area (TPSA) is 118 Å². The number of carbonyl (C=O) groups is 1.